The van der Waals surface area contributed by atoms with Crippen LogP contribution in [0, 0.1) is 12.3 Å². The number of nitrogens with one attached hydrogen (secondary N) is 1. The van der Waals surface area contributed by atoms with Crippen LogP contribution in [0.25, 0.3) is 0 Å². The molecule has 0 spiro atoms. The minimum Gasteiger partial charge on any atom is -0.480 e. The number of carboxylic acid groups (broad SMARTS) is 1. The number of hydrogen-bond acceptors (Lipinski definition) is 3. The van der Waals surface area contributed by atoms with Crippen LogP contribution >= 0.6 is 0 Å². The number of ether oxygens (including phenoxy) is 1. The monoisotopic (exact) mass is 169 g/mol. The van der Waals surface area contributed by atoms with Crippen molar-refractivity contribution in [1.29, 1.82) is 0 Å². The summed E-state index contributed by atoms with van der Waals surface area (Å²) in [7, 11) is 0. The van der Waals surface area contributed by atoms with Crippen LogP contribution in [0.3, 0.4) is 0 Å². The van der Waals surface area contributed by atoms with Gasteiger partial charge < -0.3 is 15.2 Å². The molecule has 0 radical (unpaired) electrons. The molecule has 0 aromatic rings. The van der Waals surface area contributed by atoms with E-state index in [1.165, 1.54) is 0 Å². The van der Waals surface area contributed by atoms with Gasteiger partial charge in [0.2, 0.25) is 0 Å². The predicted octanol–water partition coefficient (Wildman–Crippen LogP) is -0.549. The third-order valence-corrected chi connectivity index (χ3v) is 1.79. The van der Waals surface area contributed by atoms with Crippen molar-refractivity contribution in [3.8, 4) is 12.3 Å². The van der Waals surface area contributed by atoms with Crippen LogP contribution in [0.2, 0.25) is 0 Å². The summed E-state index contributed by atoms with van der Waals surface area (Å²) in [4.78, 5) is 10.5. The number of hydrogen-bond donors (Lipinski definition) is 2. The summed E-state index contributed by atoms with van der Waals surface area (Å²) in [5.41, 5.74) is 0. The largest absolute Gasteiger partial charge is 0.480 e. The molecule has 1 heterocycles. The maximum atomic E-state index is 10.5. The molecule has 2 atom stereocenters. The minimum absolute atomic E-state index is 0.0536. The molecule has 2 N–H and O–H groups in total. The lowest BCUT2D eigenvalue weighted by Crippen LogP contribution is -2.29. The highest BCUT2D eigenvalue weighted by Gasteiger charge is 2.29. The Hall–Kier alpha value is -1.05. The summed E-state index contributed by atoms with van der Waals surface area (Å²) in [6, 6.07) is -0.479. The van der Waals surface area contributed by atoms with Crippen molar-refractivity contribution >= 4 is 5.97 Å². The second-order valence-electron chi connectivity index (χ2n) is 2.67. The van der Waals surface area contributed by atoms with Gasteiger partial charge in [-0.05, 0) is 0 Å². The smallest absolute Gasteiger partial charge is 0.320 e. The second kappa shape index (κ2) is 4.10. The highest BCUT2D eigenvalue weighted by Crippen LogP contribution is 2.09. The number of carboxylic acids is 1. The van der Waals surface area contributed by atoms with Crippen LogP contribution in [0.4, 0.5) is 0 Å². The zero-order valence-electron chi connectivity index (χ0n) is 6.62. The molecular formula is C8H11NO3. The zero-order chi connectivity index (χ0) is 8.97. The van der Waals surface area contributed by atoms with Gasteiger partial charge in [0.25, 0.3) is 0 Å². The van der Waals surface area contributed by atoms with E-state index in [0.717, 1.165) is 0 Å². The summed E-state index contributed by atoms with van der Waals surface area (Å²) in [5, 5.41) is 11.4. The van der Waals surface area contributed by atoms with E-state index >= 15 is 0 Å². The first-order chi connectivity index (χ1) is 5.74. The molecule has 1 fully saturated rings. The average molecular weight is 169 g/mol. The second-order valence-corrected chi connectivity index (χ2v) is 2.67. The summed E-state index contributed by atoms with van der Waals surface area (Å²) >= 11 is 0. The Labute approximate surface area is 70.9 Å². The fourth-order valence-electron chi connectivity index (χ4n) is 1.18. The van der Waals surface area contributed by atoms with Crippen molar-refractivity contribution in [1.82, 2.24) is 5.32 Å². The van der Waals surface area contributed by atoms with Gasteiger partial charge in [-0.3, -0.25) is 4.79 Å². The van der Waals surface area contributed by atoms with E-state index in [2.05, 4.69) is 11.2 Å². The molecule has 0 aliphatic carbocycles. The minimum atomic E-state index is -0.832. The lowest BCUT2D eigenvalue weighted by molar-refractivity contribution is -0.139. The molecule has 4 nitrogen and oxygen atoms in total. The predicted molar refractivity (Wildman–Crippen MR) is 42.6 cm³/mol. The number of aliphatic carboxylic acids is 1. The Morgan fingerprint density at radius 1 is 1.83 bits per heavy atom. The van der Waals surface area contributed by atoms with Crippen LogP contribution in [0.5, 0.6) is 0 Å². The highest BCUT2D eigenvalue weighted by molar-refractivity contribution is 5.73. The maximum Gasteiger partial charge on any atom is 0.320 e. The van der Waals surface area contributed by atoms with Crippen LogP contribution < -0.4 is 5.32 Å². The van der Waals surface area contributed by atoms with Crippen LogP contribution in [0.1, 0.15) is 6.42 Å². The first kappa shape index (κ1) is 9.04. The lowest BCUT2D eigenvalue weighted by Gasteiger charge is -2.06. The van der Waals surface area contributed by atoms with Gasteiger partial charge >= 0.3 is 5.97 Å². The van der Waals surface area contributed by atoms with Crippen LogP contribution in [-0.2, 0) is 9.53 Å². The maximum absolute atomic E-state index is 10.5. The fraction of sp³-hybridized carbons (Fsp3) is 0.625. The van der Waals surface area contributed by atoms with Crippen molar-refractivity contribution in [2.24, 2.45) is 0 Å². The molecule has 0 aromatic carbocycles. The molecule has 0 amide bonds. The Balaban J connectivity index is 2.27. The summed E-state index contributed by atoms with van der Waals surface area (Å²) in [6.45, 7) is 0.817. The number of carbonyl (C=O) groups is 1. The molecule has 12 heavy (non-hydrogen) atoms. The van der Waals surface area contributed by atoms with Crippen LogP contribution in [0.15, 0.2) is 0 Å². The normalized spacial score (nSPS) is 28.2. The van der Waals surface area contributed by atoms with Gasteiger partial charge in [0, 0.05) is 13.0 Å². The number of rotatable bonds is 3. The van der Waals surface area contributed by atoms with Gasteiger partial charge in [0.1, 0.15) is 12.6 Å². The molecule has 2 unspecified atom stereocenters. The Kier molecular flexibility index (Phi) is 3.09. The molecule has 1 rings (SSSR count). The zero-order valence-corrected chi connectivity index (χ0v) is 6.62. The molecule has 1 saturated heterocycles. The van der Waals surface area contributed by atoms with E-state index in [1.54, 1.807) is 0 Å². The number of terminal acetylenes is 1. The van der Waals surface area contributed by atoms with Crippen molar-refractivity contribution in [3.05, 3.63) is 0 Å². The van der Waals surface area contributed by atoms with E-state index in [0.29, 0.717) is 13.0 Å². The van der Waals surface area contributed by atoms with Gasteiger partial charge in [0.05, 0.1) is 6.10 Å². The molecule has 1 aliphatic rings. The van der Waals surface area contributed by atoms with Gasteiger partial charge in [-0.25, -0.2) is 0 Å². The molecule has 66 valence electrons. The Bertz CT molecular complexity index is 209. The summed E-state index contributed by atoms with van der Waals surface area (Å²) < 4.78 is 5.17. The molecule has 0 saturated carbocycles. The molecule has 4 heteroatoms. The third kappa shape index (κ3) is 2.22. The standard InChI is InChI=1S/C8H11NO3/c1-2-3-12-6-4-7(8(10)11)9-5-6/h1,6-7,9H,3-5H2,(H,10,11). The highest BCUT2D eigenvalue weighted by atomic mass is 16.5. The van der Waals surface area contributed by atoms with E-state index in [9.17, 15) is 4.79 Å². The quantitative estimate of drug-likeness (QED) is 0.557. The molecule has 0 aromatic heterocycles. The molecular weight excluding hydrogens is 158 g/mol. The van der Waals surface area contributed by atoms with Crippen molar-refractivity contribution in [3.63, 3.8) is 0 Å². The van der Waals surface area contributed by atoms with E-state index in [1.807, 2.05) is 0 Å². The summed E-state index contributed by atoms with van der Waals surface area (Å²) in [5.74, 6) is 1.51. The summed E-state index contributed by atoms with van der Waals surface area (Å²) in [6.07, 6.45) is 5.43. The SMILES string of the molecule is C#CCOC1CNC(C(=O)O)C1. The van der Waals surface area contributed by atoms with Crippen molar-refractivity contribution < 1.29 is 14.6 Å². The average Bonchev–Trinajstić information content (AvgIpc) is 2.48. The van der Waals surface area contributed by atoms with Gasteiger partial charge in [-0.2, -0.15) is 0 Å². The van der Waals surface area contributed by atoms with Gasteiger partial charge in [-0.1, -0.05) is 5.92 Å². The molecule has 0 bridgehead atoms. The first-order valence-corrected chi connectivity index (χ1v) is 3.75. The van der Waals surface area contributed by atoms with Gasteiger partial charge in [0.15, 0.2) is 0 Å². The van der Waals surface area contributed by atoms with Gasteiger partial charge in [-0.15, -0.1) is 6.42 Å². The topological polar surface area (TPSA) is 58.6 Å². The lowest BCUT2D eigenvalue weighted by atomic mass is 10.2. The first-order valence-electron chi connectivity index (χ1n) is 3.75. The van der Waals surface area contributed by atoms with E-state index < -0.39 is 12.0 Å². The third-order valence-electron chi connectivity index (χ3n) is 1.79. The van der Waals surface area contributed by atoms with Crippen LogP contribution in [-0.4, -0.2) is 36.4 Å². The molecule has 1 aliphatic heterocycles. The Morgan fingerprint density at radius 3 is 3.08 bits per heavy atom. The van der Waals surface area contributed by atoms with E-state index in [4.69, 9.17) is 16.3 Å². The Morgan fingerprint density at radius 2 is 2.58 bits per heavy atom. The van der Waals surface area contributed by atoms with Crippen molar-refractivity contribution in [2.45, 2.75) is 18.6 Å². The fourth-order valence-corrected chi connectivity index (χ4v) is 1.18. The van der Waals surface area contributed by atoms with E-state index in [-0.39, 0.29) is 12.7 Å². The van der Waals surface area contributed by atoms with Crippen molar-refractivity contribution in [2.75, 3.05) is 13.2 Å².